The van der Waals surface area contributed by atoms with Gasteiger partial charge in [0.2, 0.25) is 0 Å². The molecule has 0 unspecified atom stereocenters. The molecule has 102 heavy (non-hydrogen) atoms. The lowest BCUT2D eigenvalue weighted by atomic mass is 9.80. The zero-order valence-electron chi connectivity index (χ0n) is 57.1. The van der Waals surface area contributed by atoms with Crippen molar-refractivity contribution in [3.05, 3.63) is 366 Å². The highest BCUT2D eigenvalue weighted by molar-refractivity contribution is 9.10. The van der Waals surface area contributed by atoms with Gasteiger partial charge < -0.3 is 9.68 Å². The molecule has 0 saturated heterocycles. The van der Waals surface area contributed by atoms with Gasteiger partial charge in [-0.25, -0.2) is 0 Å². The van der Waals surface area contributed by atoms with E-state index in [-0.39, 0.29) is 10.8 Å². The van der Waals surface area contributed by atoms with Gasteiger partial charge in [-0.15, -0.1) is 0 Å². The van der Waals surface area contributed by atoms with Crippen molar-refractivity contribution >= 4 is 110 Å². The highest BCUT2D eigenvalue weighted by Gasteiger charge is 2.38. The summed E-state index contributed by atoms with van der Waals surface area (Å²) >= 11 is 3.60. The Morgan fingerprint density at radius 1 is 0.255 bits per heavy atom. The monoisotopic (exact) mass is 1370 g/mol. The van der Waals surface area contributed by atoms with E-state index in [9.17, 15) is 0 Å². The Kier molecular flexibility index (Phi) is 15.5. The molecule has 18 aromatic carbocycles. The third kappa shape index (κ3) is 10.3. The second-order valence-electron chi connectivity index (χ2n) is 28.2. The van der Waals surface area contributed by atoms with Crippen LogP contribution in [0.5, 0.6) is 5.75 Å². The van der Waals surface area contributed by atoms with Crippen LogP contribution in [0, 0.1) is 0 Å². The van der Waals surface area contributed by atoms with E-state index in [1.807, 2.05) is 24.3 Å². The molecule has 0 atom stereocenters. The van der Waals surface area contributed by atoms with E-state index >= 15 is 0 Å². The Morgan fingerprint density at radius 3 is 0.980 bits per heavy atom. The van der Waals surface area contributed by atoms with E-state index in [2.05, 4.69) is 359 Å². The molecule has 0 aromatic heterocycles. The molecule has 0 aliphatic heterocycles. The van der Waals surface area contributed by atoms with Gasteiger partial charge in [0, 0.05) is 15.3 Å². The fraction of sp³-hybridized carbons (Fsp3) is 0.0612. The summed E-state index contributed by atoms with van der Waals surface area (Å²) < 4.78 is 6.27. The van der Waals surface area contributed by atoms with Crippen LogP contribution in [0.3, 0.4) is 0 Å². The number of halogens is 1. The van der Waals surface area contributed by atoms with Crippen LogP contribution in [0.1, 0.15) is 49.9 Å². The van der Waals surface area contributed by atoms with Gasteiger partial charge in [0.1, 0.15) is 5.75 Å². The SMILES string of the molecule is CC1(C)c2ccc(-c3ccc(-c4c5ccccc5c(-c5cccc6ccccc56)c5ccccc45)cc3)cc2-c2ccc3ccccc3c21.CC1(C)c2ccc(Br)cc2-c2ccc3ccccc3c21.O[B]Oc1ccc(-c2c3ccccc3c(-c3cccc4ccccc34)c3ccccc23)cc1. The quantitative estimate of drug-likeness (QED) is 0.127. The summed E-state index contributed by atoms with van der Waals surface area (Å²) in [7, 11) is 0.707. The topological polar surface area (TPSA) is 29.5 Å². The fourth-order valence-corrected chi connectivity index (χ4v) is 17.7. The molecular formula is C98H69BBrO2. The molecule has 483 valence electrons. The summed E-state index contributed by atoms with van der Waals surface area (Å²) in [6, 6.07) is 123. The van der Waals surface area contributed by atoms with Gasteiger partial charge in [-0.3, -0.25) is 0 Å². The van der Waals surface area contributed by atoms with Crippen molar-refractivity contribution < 1.29 is 9.68 Å². The van der Waals surface area contributed by atoms with Crippen LogP contribution in [0.2, 0.25) is 0 Å². The maximum absolute atomic E-state index is 8.96. The first-order chi connectivity index (χ1) is 50.0. The standard InChI is InChI=1S/C49H34.C30H20BO2.C19H15Br/c1-49(2)45-29-27-35(30-44(45)43-28-26-33-13-4-6-16-37(33)48(43)49)31-22-24-34(25-23-31)46-39-17-7-9-19-41(39)47(42-20-10-8-18-40(42)46)38-21-11-14-32-12-3-5-15-36(32)38;32-31-33-22-18-16-21(17-19-22)29-25-11-3-5-13-27(25)30(28-14-6-4-12-26(28)29)24-15-7-9-20-8-1-2-10-23(20)24;1-19(2)17-10-8-13(20)11-16(17)15-9-7-12-5-3-4-6-14(12)18(15)19/h3-30H,1-2H3;1-19,32H;3-11H,1-2H3. The van der Waals surface area contributed by atoms with E-state index in [0.29, 0.717) is 13.4 Å². The normalized spacial score (nSPS) is 13.0. The van der Waals surface area contributed by atoms with Crippen LogP contribution < -0.4 is 4.65 Å². The zero-order valence-corrected chi connectivity index (χ0v) is 58.7. The van der Waals surface area contributed by atoms with Crippen molar-refractivity contribution in [2.75, 3.05) is 0 Å². The largest absolute Gasteiger partial charge is 0.569 e. The Balaban J connectivity index is 0.000000121. The molecule has 4 heteroatoms. The minimum Gasteiger partial charge on any atom is -0.537 e. The molecule has 1 N–H and O–H groups in total. The lowest BCUT2D eigenvalue weighted by molar-refractivity contribution is 0.454. The van der Waals surface area contributed by atoms with E-state index in [1.165, 1.54) is 181 Å². The van der Waals surface area contributed by atoms with Crippen molar-refractivity contribution in [2.45, 2.75) is 38.5 Å². The van der Waals surface area contributed by atoms with Crippen molar-refractivity contribution in [3.63, 3.8) is 0 Å². The molecule has 0 saturated carbocycles. The second kappa shape index (κ2) is 25.2. The molecule has 0 heterocycles. The van der Waals surface area contributed by atoms with Gasteiger partial charge in [0.25, 0.3) is 0 Å². The summed E-state index contributed by atoms with van der Waals surface area (Å²) in [5.74, 6) is 0.599. The Hall–Kier alpha value is -11.7. The van der Waals surface area contributed by atoms with Gasteiger partial charge in [-0.2, -0.15) is 0 Å². The first kappa shape index (κ1) is 62.6. The molecule has 18 aromatic rings. The van der Waals surface area contributed by atoms with Crippen LogP contribution in [-0.2, 0) is 10.8 Å². The molecule has 2 aliphatic carbocycles. The van der Waals surface area contributed by atoms with Gasteiger partial charge in [-0.05, 0) is 217 Å². The van der Waals surface area contributed by atoms with E-state index < -0.39 is 0 Å². The molecule has 0 amide bonds. The lowest BCUT2D eigenvalue weighted by Crippen LogP contribution is -2.15. The minimum atomic E-state index is -0.0474. The molecule has 0 fully saturated rings. The van der Waals surface area contributed by atoms with Gasteiger partial charge in [0.05, 0.1) is 0 Å². The number of rotatable bonds is 7. The van der Waals surface area contributed by atoms with Gasteiger partial charge >= 0.3 is 7.69 Å². The molecule has 0 bridgehead atoms. The van der Waals surface area contributed by atoms with E-state index in [4.69, 9.17) is 9.68 Å². The molecule has 1 radical (unpaired) electrons. The zero-order chi connectivity index (χ0) is 68.8. The third-order valence-electron chi connectivity index (χ3n) is 21.9. The van der Waals surface area contributed by atoms with Crippen LogP contribution in [0.25, 0.3) is 164 Å². The van der Waals surface area contributed by atoms with Crippen LogP contribution in [0.4, 0.5) is 0 Å². The minimum absolute atomic E-state index is 0.0474. The van der Waals surface area contributed by atoms with Crippen molar-refractivity contribution in [1.82, 2.24) is 0 Å². The summed E-state index contributed by atoms with van der Waals surface area (Å²) in [5.41, 5.74) is 23.6. The number of benzene rings is 18. The summed E-state index contributed by atoms with van der Waals surface area (Å²) in [5, 5.41) is 29.4. The second-order valence-corrected chi connectivity index (χ2v) is 29.1. The first-order valence-corrected chi connectivity index (χ1v) is 36.0. The third-order valence-corrected chi connectivity index (χ3v) is 22.3. The van der Waals surface area contributed by atoms with Crippen LogP contribution >= 0.6 is 15.9 Å². The van der Waals surface area contributed by atoms with Gasteiger partial charge in [0.15, 0.2) is 0 Å². The van der Waals surface area contributed by atoms with Crippen molar-refractivity contribution in [1.29, 1.82) is 0 Å². The average molecular weight is 1370 g/mol. The Bertz CT molecular complexity index is 6280. The fourth-order valence-electron chi connectivity index (χ4n) is 17.3. The van der Waals surface area contributed by atoms with Crippen molar-refractivity contribution in [2.24, 2.45) is 0 Å². The first-order valence-electron chi connectivity index (χ1n) is 35.2. The smallest absolute Gasteiger partial charge is 0.537 e. The Morgan fingerprint density at radius 2 is 0.569 bits per heavy atom. The van der Waals surface area contributed by atoms with Crippen LogP contribution in [-0.4, -0.2) is 12.7 Å². The average Bonchev–Trinajstić information content (AvgIpc) is 1.38. The maximum Gasteiger partial charge on any atom is 0.569 e. The Labute approximate surface area is 603 Å². The summed E-state index contributed by atoms with van der Waals surface area (Å²) in [4.78, 5) is 0. The number of hydrogen-bond acceptors (Lipinski definition) is 2. The molecule has 0 spiro atoms. The van der Waals surface area contributed by atoms with E-state index in [0.717, 1.165) is 10.0 Å². The lowest BCUT2D eigenvalue weighted by Gasteiger charge is -2.23. The van der Waals surface area contributed by atoms with Crippen LogP contribution in [0.15, 0.2) is 344 Å². The van der Waals surface area contributed by atoms with E-state index in [1.54, 1.807) is 0 Å². The maximum atomic E-state index is 8.96. The van der Waals surface area contributed by atoms with Crippen molar-refractivity contribution in [3.8, 4) is 83.6 Å². The molecule has 2 nitrogen and oxygen atoms in total. The number of hydrogen-bond donors (Lipinski definition) is 1. The highest BCUT2D eigenvalue weighted by Crippen LogP contribution is 2.55. The molecule has 2 aliphatic rings. The predicted octanol–water partition coefficient (Wildman–Crippen LogP) is 26.9. The van der Waals surface area contributed by atoms with Gasteiger partial charge in [-0.1, -0.05) is 353 Å². The molecule has 20 rings (SSSR count). The number of fused-ring (bicyclic) bond motifs is 16. The predicted molar refractivity (Wildman–Crippen MR) is 438 cm³/mol. The molecular weight excluding hydrogens is 1300 g/mol. The summed E-state index contributed by atoms with van der Waals surface area (Å²) in [6.07, 6.45) is 0. The highest BCUT2D eigenvalue weighted by atomic mass is 79.9. The summed E-state index contributed by atoms with van der Waals surface area (Å²) in [6.45, 7) is 9.41.